The largest absolute Gasteiger partial charge is 1.00 e. The number of rotatable bonds is 1. The molecular formula is C2H7NaOS. The summed E-state index contributed by atoms with van der Waals surface area (Å²) in [5.41, 5.74) is 0. The molecule has 0 aliphatic rings. The third kappa shape index (κ3) is 10.9. The molecule has 0 aromatic heterocycles. The van der Waals surface area contributed by atoms with Crippen LogP contribution in [-0.4, -0.2) is 10.3 Å². The molecular weight excluding hydrogens is 95.1 g/mol. The zero-order valence-electron chi connectivity index (χ0n) is 4.56. The average Bonchev–Trinajstić information content (AvgIpc) is 1.37. The molecule has 1 nitrogen and oxygen atoms in total. The van der Waals surface area contributed by atoms with Gasteiger partial charge in [0.1, 0.15) is 0 Å². The Hall–Kier alpha value is 1.31. The third-order valence-electron chi connectivity index (χ3n) is 0.129. The van der Waals surface area contributed by atoms with Gasteiger partial charge in [-0.25, -0.2) is 0 Å². The molecule has 1 N–H and O–H groups in total. The third-order valence-corrected chi connectivity index (χ3v) is 0.387. The summed E-state index contributed by atoms with van der Waals surface area (Å²) in [5.74, 6) is 0.792. The van der Waals surface area contributed by atoms with Crippen molar-refractivity contribution in [3.8, 4) is 0 Å². The first-order chi connectivity index (χ1) is 1.91. The minimum absolute atomic E-state index is 0. The van der Waals surface area contributed by atoms with E-state index in [1.807, 2.05) is 6.92 Å². The fraction of sp³-hybridized carbons (Fsp3) is 1.00. The van der Waals surface area contributed by atoms with Gasteiger partial charge in [0.25, 0.3) is 0 Å². The van der Waals surface area contributed by atoms with E-state index in [1.54, 1.807) is 0 Å². The fourth-order valence-corrected chi connectivity index (χ4v) is 0. The summed E-state index contributed by atoms with van der Waals surface area (Å²) in [6.07, 6.45) is 0. The van der Waals surface area contributed by atoms with Gasteiger partial charge in [-0.05, 0) is 12.0 Å². The molecule has 0 fully saturated rings. The van der Waals surface area contributed by atoms with Gasteiger partial charge in [-0.2, -0.15) is 0 Å². The molecule has 0 rings (SSSR count). The molecule has 5 heavy (non-hydrogen) atoms. The van der Waals surface area contributed by atoms with E-state index >= 15 is 0 Å². The van der Waals surface area contributed by atoms with Crippen LogP contribution in [-0.2, 0) is 0 Å². The summed E-state index contributed by atoms with van der Waals surface area (Å²) >= 11 is 0.856. The van der Waals surface area contributed by atoms with E-state index in [-0.39, 0.29) is 31.0 Å². The zero-order chi connectivity index (χ0) is 3.41. The summed E-state index contributed by atoms with van der Waals surface area (Å²) in [6, 6.07) is 0. The summed E-state index contributed by atoms with van der Waals surface area (Å²) in [6.45, 7) is 1.89. The molecule has 0 aliphatic carbocycles. The van der Waals surface area contributed by atoms with Crippen LogP contribution in [0.2, 0.25) is 0 Å². The molecule has 0 unspecified atom stereocenters. The maximum Gasteiger partial charge on any atom is 1.00 e. The van der Waals surface area contributed by atoms with Crippen molar-refractivity contribution in [2.24, 2.45) is 0 Å². The molecule has 0 amide bonds. The van der Waals surface area contributed by atoms with E-state index < -0.39 is 0 Å². The predicted octanol–water partition coefficient (Wildman–Crippen LogP) is -1.67. The second-order valence-electron chi connectivity index (χ2n) is 0.418. The number of hydrogen-bond donors (Lipinski definition) is 1. The first-order valence-electron chi connectivity index (χ1n) is 1.18. The van der Waals surface area contributed by atoms with Crippen LogP contribution in [0.5, 0.6) is 0 Å². The van der Waals surface area contributed by atoms with Crippen molar-refractivity contribution in [1.82, 2.24) is 0 Å². The Morgan fingerprint density at radius 1 is 2.00 bits per heavy atom. The Labute approximate surface area is 60.1 Å². The van der Waals surface area contributed by atoms with E-state index in [0.29, 0.717) is 0 Å². The molecule has 0 saturated heterocycles. The topological polar surface area (TPSA) is 20.2 Å². The van der Waals surface area contributed by atoms with Crippen molar-refractivity contribution in [2.45, 2.75) is 6.92 Å². The van der Waals surface area contributed by atoms with Crippen LogP contribution < -0.4 is 29.6 Å². The summed E-state index contributed by atoms with van der Waals surface area (Å²) in [7, 11) is 0. The van der Waals surface area contributed by atoms with Crippen LogP contribution in [0.15, 0.2) is 0 Å². The first kappa shape index (κ1) is 9.58. The van der Waals surface area contributed by atoms with Crippen molar-refractivity contribution in [3.63, 3.8) is 0 Å². The number of hydrogen-bond acceptors (Lipinski definition) is 2. The molecule has 0 saturated carbocycles. The smallest absolute Gasteiger partial charge is 1.00 e. The van der Waals surface area contributed by atoms with Crippen LogP contribution in [0.4, 0.5) is 0 Å². The van der Waals surface area contributed by atoms with Crippen LogP contribution in [0, 0.1) is 0 Å². The Kier molecular flexibility index (Phi) is 17.2. The van der Waals surface area contributed by atoms with Gasteiger partial charge >= 0.3 is 29.6 Å². The molecule has 3 heteroatoms. The van der Waals surface area contributed by atoms with Crippen LogP contribution in [0.3, 0.4) is 0 Å². The molecule has 0 aromatic carbocycles. The van der Waals surface area contributed by atoms with E-state index in [0.717, 1.165) is 17.8 Å². The Bertz CT molecular complexity index is 15.5. The van der Waals surface area contributed by atoms with Gasteiger partial charge in [0.05, 0.1) is 0 Å². The van der Waals surface area contributed by atoms with E-state index in [1.165, 1.54) is 0 Å². The summed E-state index contributed by atoms with van der Waals surface area (Å²) < 4.78 is 7.79. The quantitative estimate of drug-likeness (QED) is 0.315. The van der Waals surface area contributed by atoms with Gasteiger partial charge in [0, 0.05) is 5.75 Å². The second-order valence-corrected chi connectivity index (χ2v) is 1.25. The SMILES string of the molecule is CCSO.[H-].[Na+]. The van der Waals surface area contributed by atoms with Crippen molar-refractivity contribution >= 4 is 12.0 Å². The zero-order valence-corrected chi connectivity index (χ0v) is 6.38. The van der Waals surface area contributed by atoms with Crippen molar-refractivity contribution in [2.75, 3.05) is 5.75 Å². The van der Waals surface area contributed by atoms with Crippen LogP contribution in [0.25, 0.3) is 0 Å². The van der Waals surface area contributed by atoms with Crippen LogP contribution in [0.1, 0.15) is 8.35 Å². The second kappa shape index (κ2) is 9.00. The first-order valence-corrected chi connectivity index (χ1v) is 2.12. The monoisotopic (exact) mass is 102 g/mol. The molecule has 0 radical (unpaired) electrons. The normalized spacial score (nSPS) is 6.00. The fourth-order valence-electron chi connectivity index (χ4n) is 0. The maximum atomic E-state index is 7.79. The Balaban J connectivity index is -0.0000000450. The molecule has 0 atom stereocenters. The average molecular weight is 102 g/mol. The Morgan fingerprint density at radius 2 is 2.20 bits per heavy atom. The molecule has 0 heterocycles. The van der Waals surface area contributed by atoms with Gasteiger partial charge in [-0.1, -0.05) is 6.92 Å². The standard InChI is InChI=1S/C2H6OS.Na.H/c1-2-4-3;;/h3H,2H2,1H3;;/q;+1;-1. The predicted molar refractivity (Wildman–Crippen MR) is 21.9 cm³/mol. The van der Waals surface area contributed by atoms with E-state index in [9.17, 15) is 0 Å². The van der Waals surface area contributed by atoms with Gasteiger partial charge < -0.3 is 5.98 Å². The minimum Gasteiger partial charge on any atom is -1.00 e. The molecule has 28 valence electrons. The molecule has 0 aliphatic heterocycles. The maximum absolute atomic E-state index is 7.79. The molecule has 0 aromatic rings. The summed E-state index contributed by atoms with van der Waals surface area (Å²) in [5, 5.41) is 0. The van der Waals surface area contributed by atoms with Gasteiger partial charge in [0.2, 0.25) is 0 Å². The van der Waals surface area contributed by atoms with Crippen LogP contribution >= 0.6 is 12.0 Å². The van der Waals surface area contributed by atoms with E-state index in [4.69, 9.17) is 4.55 Å². The molecule has 0 bridgehead atoms. The van der Waals surface area contributed by atoms with Crippen molar-refractivity contribution in [1.29, 1.82) is 0 Å². The Morgan fingerprint density at radius 3 is 2.20 bits per heavy atom. The van der Waals surface area contributed by atoms with Gasteiger partial charge in [0.15, 0.2) is 0 Å². The van der Waals surface area contributed by atoms with Crippen molar-refractivity contribution < 1.29 is 35.5 Å². The van der Waals surface area contributed by atoms with Gasteiger partial charge in [-0.3, -0.25) is 0 Å². The van der Waals surface area contributed by atoms with Crippen molar-refractivity contribution in [3.05, 3.63) is 0 Å². The summed E-state index contributed by atoms with van der Waals surface area (Å²) in [4.78, 5) is 0. The van der Waals surface area contributed by atoms with E-state index in [2.05, 4.69) is 0 Å². The molecule has 0 spiro atoms. The minimum atomic E-state index is 0. The van der Waals surface area contributed by atoms with Gasteiger partial charge in [-0.15, -0.1) is 0 Å².